The summed E-state index contributed by atoms with van der Waals surface area (Å²) >= 11 is 0. The van der Waals surface area contributed by atoms with Crippen LogP contribution in [0.2, 0.25) is 0 Å². The standard InChI is InChI=1S/C14H23N3O2S/c1-14(2)8-4-3-5-13(14)17-11-7-6-10(15)9-12(11)20(16,18)19/h6-7,9,13,17H,3-5,8,15H2,1-2H3,(H2,16,18,19). The van der Waals surface area contributed by atoms with Crippen molar-refractivity contribution in [3.63, 3.8) is 0 Å². The van der Waals surface area contributed by atoms with Crippen LogP contribution in [0.5, 0.6) is 0 Å². The topological polar surface area (TPSA) is 98.2 Å². The van der Waals surface area contributed by atoms with Crippen molar-refractivity contribution in [3.05, 3.63) is 18.2 Å². The highest BCUT2D eigenvalue weighted by atomic mass is 32.2. The summed E-state index contributed by atoms with van der Waals surface area (Å²) in [5, 5.41) is 8.63. The number of hydrogen-bond donors (Lipinski definition) is 3. The van der Waals surface area contributed by atoms with E-state index in [-0.39, 0.29) is 16.4 Å². The number of anilines is 2. The molecule has 0 amide bonds. The van der Waals surface area contributed by atoms with Crippen LogP contribution in [-0.2, 0) is 10.0 Å². The Balaban J connectivity index is 2.34. The highest BCUT2D eigenvalue weighted by molar-refractivity contribution is 7.89. The van der Waals surface area contributed by atoms with E-state index in [0.717, 1.165) is 19.3 Å². The van der Waals surface area contributed by atoms with Crippen molar-refractivity contribution < 1.29 is 8.42 Å². The predicted molar refractivity (Wildman–Crippen MR) is 81.9 cm³/mol. The molecule has 1 unspecified atom stereocenters. The zero-order chi connectivity index (χ0) is 15.0. The van der Waals surface area contributed by atoms with Crippen molar-refractivity contribution in [2.45, 2.75) is 50.5 Å². The van der Waals surface area contributed by atoms with E-state index >= 15 is 0 Å². The second-order valence-electron chi connectivity index (χ2n) is 6.23. The Bertz CT molecular complexity index is 596. The number of primary sulfonamides is 1. The van der Waals surface area contributed by atoms with Gasteiger partial charge < -0.3 is 11.1 Å². The van der Waals surface area contributed by atoms with Crippen molar-refractivity contribution in [1.29, 1.82) is 0 Å². The van der Waals surface area contributed by atoms with Gasteiger partial charge in [0.2, 0.25) is 10.0 Å². The maximum atomic E-state index is 11.7. The molecule has 1 aromatic carbocycles. The molecule has 5 N–H and O–H groups in total. The summed E-state index contributed by atoms with van der Waals surface area (Å²) in [7, 11) is -3.79. The minimum absolute atomic E-state index is 0.0684. The highest BCUT2D eigenvalue weighted by Gasteiger charge is 2.32. The molecule has 5 nitrogen and oxygen atoms in total. The van der Waals surface area contributed by atoms with Crippen molar-refractivity contribution in [1.82, 2.24) is 0 Å². The predicted octanol–water partition coefficient (Wildman–Crippen LogP) is 2.30. The van der Waals surface area contributed by atoms with E-state index in [1.54, 1.807) is 12.1 Å². The van der Waals surface area contributed by atoms with Gasteiger partial charge in [-0.1, -0.05) is 26.7 Å². The molecular formula is C14H23N3O2S. The maximum absolute atomic E-state index is 11.7. The Morgan fingerprint density at radius 1 is 1.30 bits per heavy atom. The quantitative estimate of drug-likeness (QED) is 0.745. The highest BCUT2D eigenvalue weighted by Crippen LogP contribution is 2.38. The lowest BCUT2D eigenvalue weighted by atomic mass is 9.73. The summed E-state index contributed by atoms with van der Waals surface area (Å²) in [6.45, 7) is 4.41. The van der Waals surface area contributed by atoms with Crippen LogP contribution >= 0.6 is 0 Å². The number of nitrogens with one attached hydrogen (secondary N) is 1. The van der Waals surface area contributed by atoms with Gasteiger partial charge in [0, 0.05) is 11.7 Å². The van der Waals surface area contributed by atoms with Gasteiger partial charge in [0.05, 0.1) is 5.69 Å². The molecule has 6 heteroatoms. The lowest BCUT2D eigenvalue weighted by Gasteiger charge is -2.40. The SMILES string of the molecule is CC1(C)CCCCC1Nc1ccc(N)cc1S(N)(=O)=O. The zero-order valence-electron chi connectivity index (χ0n) is 12.0. The van der Waals surface area contributed by atoms with Crippen molar-refractivity contribution >= 4 is 21.4 Å². The molecule has 0 radical (unpaired) electrons. The van der Waals surface area contributed by atoms with Gasteiger partial charge in [-0.25, -0.2) is 13.6 Å². The van der Waals surface area contributed by atoms with Crippen LogP contribution < -0.4 is 16.2 Å². The second-order valence-corrected chi connectivity index (χ2v) is 7.76. The fourth-order valence-corrected chi connectivity index (χ4v) is 3.58. The van der Waals surface area contributed by atoms with E-state index in [9.17, 15) is 8.42 Å². The molecule has 1 aromatic rings. The van der Waals surface area contributed by atoms with Crippen LogP contribution in [0, 0.1) is 5.41 Å². The van der Waals surface area contributed by atoms with Gasteiger partial charge in [-0.2, -0.15) is 0 Å². The van der Waals surface area contributed by atoms with Crippen molar-refractivity contribution in [2.24, 2.45) is 10.6 Å². The summed E-state index contributed by atoms with van der Waals surface area (Å²) in [6, 6.07) is 5.03. The first-order valence-corrected chi connectivity index (χ1v) is 8.44. The molecule has 0 heterocycles. The van der Waals surface area contributed by atoms with Crippen LogP contribution in [-0.4, -0.2) is 14.5 Å². The van der Waals surface area contributed by atoms with Gasteiger partial charge in [0.15, 0.2) is 0 Å². The molecule has 0 aromatic heterocycles. The van der Waals surface area contributed by atoms with Crippen molar-refractivity contribution in [2.75, 3.05) is 11.1 Å². The van der Waals surface area contributed by atoms with E-state index in [1.807, 2.05) is 0 Å². The number of benzene rings is 1. The average molecular weight is 297 g/mol. The van der Waals surface area contributed by atoms with E-state index in [0.29, 0.717) is 11.4 Å². The van der Waals surface area contributed by atoms with E-state index in [4.69, 9.17) is 10.9 Å². The van der Waals surface area contributed by atoms with Gasteiger partial charge in [0.25, 0.3) is 0 Å². The first-order chi connectivity index (χ1) is 9.20. The Labute approximate surface area is 120 Å². The lowest BCUT2D eigenvalue weighted by Crippen LogP contribution is -2.39. The number of nitrogens with two attached hydrogens (primary N) is 2. The lowest BCUT2D eigenvalue weighted by molar-refractivity contribution is 0.217. The fourth-order valence-electron chi connectivity index (χ4n) is 2.84. The fraction of sp³-hybridized carbons (Fsp3) is 0.571. The third-order valence-electron chi connectivity index (χ3n) is 4.15. The Morgan fingerprint density at radius 3 is 2.60 bits per heavy atom. The number of nitrogen functional groups attached to an aromatic ring is 1. The smallest absolute Gasteiger partial charge is 0.240 e. The van der Waals surface area contributed by atoms with E-state index in [2.05, 4.69) is 19.2 Å². The second kappa shape index (κ2) is 5.26. The van der Waals surface area contributed by atoms with Gasteiger partial charge in [0.1, 0.15) is 4.90 Å². The molecule has 1 saturated carbocycles. The molecule has 1 aliphatic carbocycles. The number of hydrogen-bond acceptors (Lipinski definition) is 4. The van der Waals surface area contributed by atoms with Crippen LogP contribution in [0.25, 0.3) is 0 Å². The zero-order valence-corrected chi connectivity index (χ0v) is 12.8. The van der Waals surface area contributed by atoms with Gasteiger partial charge in [-0.3, -0.25) is 0 Å². The van der Waals surface area contributed by atoms with Gasteiger partial charge in [-0.15, -0.1) is 0 Å². The van der Waals surface area contributed by atoms with Gasteiger partial charge >= 0.3 is 0 Å². The Morgan fingerprint density at radius 2 is 2.00 bits per heavy atom. The Kier molecular flexibility index (Phi) is 3.97. The monoisotopic (exact) mass is 297 g/mol. The third-order valence-corrected chi connectivity index (χ3v) is 5.10. The third kappa shape index (κ3) is 3.24. The molecule has 20 heavy (non-hydrogen) atoms. The summed E-state index contributed by atoms with van der Waals surface area (Å²) in [6.07, 6.45) is 4.53. The first-order valence-electron chi connectivity index (χ1n) is 6.89. The molecule has 0 saturated heterocycles. The van der Waals surface area contributed by atoms with E-state index in [1.165, 1.54) is 12.5 Å². The summed E-state index contributed by atoms with van der Waals surface area (Å²) < 4.78 is 23.4. The molecule has 112 valence electrons. The summed E-state index contributed by atoms with van der Waals surface area (Å²) in [5.41, 5.74) is 6.73. The van der Waals surface area contributed by atoms with Crippen LogP contribution in [0.4, 0.5) is 11.4 Å². The largest absolute Gasteiger partial charge is 0.399 e. The first kappa shape index (κ1) is 15.1. The Hall–Kier alpha value is -1.27. The average Bonchev–Trinajstić information content (AvgIpc) is 2.32. The molecule has 0 spiro atoms. The van der Waals surface area contributed by atoms with Crippen molar-refractivity contribution in [3.8, 4) is 0 Å². The number of sulfonamides is 1. The summed E-state index contributed by atoms with van der Waals surface area (Å²) in [5.74, 6) is 0. The summed E-state index contributed by atoms with van der Waals surface area (Å²) in [4.78, 5) is 0.0684. The van der Waals surface area contributed by atoms with Gasteiger partial charge in [-0.05, 0) is 36.5 Å². The molecule has 1 fully saturated rings. The molecule has 1 atom stereocenters. The molecule has 2 rings (SSSR count). The normalized spacial score (nSPS) is 22.4. The minimum Gasteiger partial charge on any atom is -0.399 e. The van der Waals surface area contributed by atoms with Crippen LogP contribution in [0.3, 0.4) is 0 Å². The van der Waals surface area contributed by atoms with Crippen LogP contribution in [0.15, 0.2) is 23.1 Å². The molecule has 0 aliphatic heterocycles. The minimum atomic E-state index is -3.79. The number of rotatable bonds is 3. The maximum Gasteiger partial charge on any atom is 0.240 e. The molecule has 1 aliphatic rings. The van der Waals surface area contributed by atoms with Crippen LogP contribution in [0.1, 0.15) is 39.5 Å². The molecule has 0 bridgehead atoms. The molecular weight excluding hydrogens is 274 g/mol. The van der Waals surface area contributed by atoms with E-state index < -0.39 is 10.0 Å².